The minimum Gasteiger partial charge on any atom is -0.455 e. The van der Waals surface area contributed by atoms with Gasteiger partial charge in [-0.2, -0.15) is 0 Å². The van der Waals surface area contributed by atoms with Crippen LogP contribution in [0.4, 0.5) is 0 Å². The molecule has 1 aliphatic rings. The van der Waals surface area contributed by atoms with Crippen LogP contribution in [-0.4, -0.2) is 9.55 Å². The molecular formula is C41H24N2O. The van der Waals surface area contributed by atoms with E-state index >= 15 is 0 Å². The van der Waals surface area contributed by atoms with Crippen LogP contribution in [0.15, 0.2) is 150 Å². The van der Waals surface area contributed by atoms with Crippen LogP contribution < -0.4 is 0 Å². The van der Waals surface area contributed by atoms with Gasteiger partial charge in [-0.15, -0.1) is 0 Å². The van der Waals surface area contributed by atoms with Crippen molar-refractivity contribution in [3.05, 3.63) is 146 Å². The van der Waals surface area contributed by atoms with E-state index in [1.165, 1.54) is 38.6 Å². The van der Waals surface area contributed by atoms with Crippen molar-refractivity contribution in [2.75, 3.05) is 0 Å². The lowest BCUT2D eigenvalue weighted by atomic mass is 9.92. The van der Waals surface area contributed by atoms with Crippen LogP contribution in [0.2, 0.25) is 0 Å². The molecule has 0 fully saturated rings. The van der Waals surface area contributed by atoms with E-state index in [9.17, 15) is 0 Å². The predicted octanol–water partition coefficient (Wildman–Crippen LogP) is 11.1. The maximum absolute atomic E-state index is 6.70. The van der Waals surface area contributed by atoms with E-state index in [1.54, 1.807) is 0 Å². The summed E-state index contributed by atoms with van der Waals surface area (Å²) in [6.07, 6.45) is 0. The molecule has 7 aromatic carbocycles. The van der Waals surface area contributed by atoms with Crippen LogP contribution in [0.5, 0.6) is 0 Å². The molecule has 0 spiro atoms. The molecule has 0 radical (unpaired) electrons. The van der Waals surface area contributed by atoms with Crippen molar-refractivity contribution in [3.63, 3.8) is 0 Å². The summed E-state index contributed by atoms with van der Waals surface area (Å²) >= 11 is 0. The molecule has 2 heterocycles. The van der Waals surface area contributed by atoms with Gasteiger partial charge in [-0.25, -0.2) is 4.98 Å². The van der Waals surface area contributed by atoms with Crippen molar-refractivity contribution >= 4 is 43.7 Å². The second kappa shape index (κ2) is 8.79. The molecule has 9 aromatic rings. The summed E-state index contributed by atoms with van der Waals surface area (Å²) in [4.78, 5) is 5.04. The number of nitrogens with zero attached hydrogens (tertiary/aromatic N) is 2. The molecular weight excluding hydrogens is 536 g/mol. The average molecular weight is 561 g/mol. The first-order valence-electron chi connectivity index (χ1n) is 15.0. The highest BCUT2D eigenvalue weighted by atomic mass is 16.3. The summed E-state index contributed by atoms with van der Waals surface area (Å²) in [7, 11) is 0. The van der Waals surface area contributed by atoms with Crippen molar-refractivity contribution in [2.24, 2.45) is 0 Å². The molecule has 44 heavy (non-hydrogen) atoms. The Hall–Kier alpha value is -5.93. The van der Waals surface area contributed by atoms with E-state index in [1.807, 2.05) is 12.1 Å². The number of hydrogen-bond acceptors (Lipinski definition) is 2. The zero-order valence-electron chi connectivity index (χ0n) is 23.7. The summed E-state index contributed by atoms with van der Waals surface area (Å²) in [5, 5.41) is 4.86. The van der Waals surface area contributed by atoms with E-state index in [2.05, 4.69) is 138 Å². The number of imidazole rings is 1. The third-order valence-corrected chi connectivity index (χ3v) is 9.14. The molecule has 0 amide bonds. The molecule has 0 aliphatic heterocycles. The number of para-hydroxylation sites is 3. The van der Waals surface area contributed by atoms with Gasteiger partial charge in [-0.3, -0.25) is 4.57 Å². The minimum absolute atomic E-state index is 0.911. The fraction of sp³-hybridized carbons (Fsp3) is 0. The smallest absolute Gasteiger partial charge is 0.145 e. The summed E-state index contributed by atoms with van der Waals surface area (Å²) in [6, 6.07) is 51.7. The highest BCUT2D eigenvalue weighted by Gasteiger charge is 2.28. The van der Waals surface area contributed by atoms with Crippen molar-refractivity contribution in [1.82, 2.24) is 9.55 Å². The third kappa shape index (κ3) is 3.18. The summed E-state index contributed by atoms with van der Waals surface area (Å²) in [6.45, 7) is 0. The van der Waals surface area contributed by atoms with Crippen molar-refractivity contribution in [1.29, 1.82) is 0 Å². The Balaban J connectivity index is 1.22. The molecule has 1 aliphatic carbocycles. The Kier molecular flexibility index (Phi) is 4.72. The molecule has 0 N–H and O–H groups in total. The van der Waals surface area contributed by atoms with E-state index in [-0.39, 0.29) is 0 Å². The number of furan rings is 1. The SMILES string of the molecule is c1ccc(-c2nc3ccccc3n2-c2ccc(-c3cc4c(c5oc6ccccc6c35)-c3cccc5cccc-4c35)cc2)cc1. The zero-order valence-corrected chi connectivity index (χ0v) is 23.7. The van der Waals surface area contributed by atoms with Gasteiger partial charge in [0.1, 0.15) is 17.0 Å². The number of aromatic nitrogens is 2. The summed E-state index contributed by atoms with van der Waals surface area (Å²) in [5.74, 6) is 0.936. The van der Waals surface area contributed by atoms with Crippen LogP contribution in [0.1, 0.15) is 0 Å². The van der Waals surface area contributed by atoms with Gasteiger partial charge in [-0.05, 0) is 75.0 Å². The van der Waals surface area contributed by atoms with Crippen LogP contribution in [-0.2, 0) is 0 Å². The number of fused-ring (bicyclic) bond motifs is 8. The molecule has 0 saturated carbocycles. The van der Waals surface area contributed by atoms with Gasteiger partial charge in [-0.1, -0.05) is 109 Å². The van der Waals surface area contributed by atoms with Crippen LogP contribution in [0, 0.1) is 0 Å². The lowest BCUT2D eigenvalue weighted by Crippen LogP contribution is -1.97. The maximum Gasteiger partial charge on any atom is 0.145 e. The molecule has 0 bridgehead atoms. The summed E-state index contributed by atoms with van der Waals surface area (Å²) < 4.78 is 8.96. The fourth-order valence-electron chi connectivity index (χ4n) is 7.24. The van der Waals surface area contributed by atoms with Gasteiger partial charge in [0.25, 0.3) is 0 Å². The molecule has 3 heteroatoms. The first kappa shape index (κ1) is 23.6. The molecule has 0 unspecified atom stereocenters. The first-order valence-corrected chi connectivity index (χ1v) is 15.0. The van der Waals surface area contributed by atoms with E-state index in [0.29, 0.717) is 0 Å². The minimum atomic E-state index is 0.911. The fourth-order valence-corrected chi connectivity index (χ4v) is 7.24. The van der Waals surface area contributed by atoms with Gasteiger partial charge in [0.15, 0.2) is 0 Å². The molecule has 204 valence electrons. The topological polar surface area (TPSA) is 31.0 Å². The lowest BCUT2D eigenvalue weighted by Gasteiger charge is -2.13. The van der Waals surface area contributed by atoms with E-state index in [0.717, 1.165) is 55.6 Å². The quantitative estimate of drug-likeness (QED) is 0.215. The average Bonchev–Trinajstić information content (AvgIpc) is 3.76. The standard InChI is InChI=1S/C41H24N2O/c1-2-10-27(11-3-1)41-42-34-17-5-6-18-35(34)43(41)28-22-20-25(21-23-28)32-24-33-29-15-8-12-26-13-9-16-31(37(26)29)39(33)40-38(32)30-14-4-7-19-36(30)44-40/h1-24H. The molecule has 0 atom stereocenters. The maximum atomic E-state index is 6.70. The normalized spacial score (nSPS) is 12.1. The van der Waals surface area contributed by atoms with Crippen molar-refractivity contribution < 1.29 is 4.42 Å². The summed E-state index contributed by atoms with van der Waals surface area (Å²) in [5.41, 5.74) is 13.4. The molecule has 0 saturated heterocycles. The largest absolute Gasteiger partial charge is 0.455 e. The zero-order chi connectivity index (χ0) is 28.8. The third-order valence-electron chi connectivity index (χ3n) is 9.14. The van der Waals surface area contributed by atoms with Gasteiger partial charge >= 0.3 is 0 Å². The molecule has 3 nitrogen and oxygen atoms in total. The number of rotatable bonds is 3. The highest BCUT2D eigenvalue weighted by molar-refractivity contribution is 6.26. The molecule has 10 rings (SSSR count). The lowest BCUT2D eigenvalue weighted by molar-refractivity contribution is 0.670. The second-order valence-corrected chi connectivity index (χ2v) is 11.5. The monoisotopic (exact) mass is 560 g/mol. The van der Waals surface area contributed by atoms with E-state index in [4.69, 9.17) is 9.40 Å². The van der Waals surface area contributed by atoms with Gasteiger partial charge in [0, 0.05) is 27.6 Å². The van der Waals surface area contributed by atoms with Crippen LogP contribution in [0.3, 0.4) is 0 Å². The molecule has 2 aromatic heterocycles. The highest BCUT2D eigenvalue weighted by Crippen LogP contribution is 2.54. The number of hydrogen-bond donors (Lipinski definition) is 0. The first-order chi connectivity index (χ1) is 21.8. The van der Waals surface area contributed by atoms with Gasteiger partial charge in [0.2, 0.25) is 0 Å². The predicted molar refractivity (Wildman–Crippen MR) is 181 cm³/mol. The Labute approximate surface area is 253 Å². The van der Waals surface area contributed by atoms with Crippen molar-refractivity contribution in [2.45, 2.75) is 0 Å². The Bertz CT molecular complexity index is 2580. The van der Waals surface area contributed by atoms with Gasteiger partial charge in [0.05, 0.1) is 11.0 Å². The van der Waals surface area contributed by atoms with E-state index < -0.39 is 0 Å². The number of benzene rings is 7. The van der Waals surface area contributed by atoms with Crippen LogP contribution >= 0.6 is 0 Å². The Morgan fingerprint density at radius 3 is 2.14 bits per heavy atom. The van der Waals surface area contributed by atoms with Crippen LogP contribution in [0.25, 0.3) is 94.2 Å². The second-order valence-electron chi connectivity index (χ2n) is 11.5. The Morgan fingerprint density at radius 2 is 1.27 bits per heavy atom. The van der Waals surface area contributed by atoms with Gasteiger partial charge < -0.3 is 4.42 Å². The Morgan fingerprint density at radius 1 is 0.523 bits per heavy atom. The van der Waals surface area contributed by atoms with Crippen molar-refractivity contribution in [3.8, 4) is 50.5 Å².